The predicted molar refractivity (Wildman–Crippen MR) is 95.5 cm³/mol. The standard InChI is InChI=1S/C13H18Br2N2O.2ClH/c1-2-12(17-5-3-16-4-6-17)9-7-10(14)13(18)11(15)8-9;;/h7-8,12,16,18H,2-6H2,1H3;2*1H/t12-;;/m0../s1. The van der Waals surface area contributed by atoms with Gasteiger partial charge in [-0.2, -0.15) is 0 Å². The van der Waals surface area contributed by atoms with Gasteiger partial charge in [0.25, 0.3) is 0 Å². The van der Waals surface area contributed by atoms with Crippen LogP contribution in [0.2, 0.25) is 0 Å². The van der Waals surface area contributed by atoms with Crippen molar-refractivity contribution in [2.75, 3.05) is 26.2 Å². The first-order valence-electron chi connectivity index (χ1n) is 6.26. The van der Waals surface area contributed by atoms with Crippen LogP contribution in [-0.2, 0) is 0 Å². The topological polar surface area (TPSA) is 35.5 Å². The smallest absolute Gasteiger partial charge is 0.143 e. The number of aromatic hydroxyl groups is 1. The molecule has 0 spiro atoms. The van der Waals surface area contributed by atoms with E-state index >= 15 is 0 Å². The first kappa shape index (κ1) is 20.5. The normalized spacial score (nSPS) is 16.9. The molecule has 7 heteroatoms. The first-order valence-corrected chi connectivity index (χ1v) is 7.84. The molecule has 0 aromatic heterocycles. The van der Waals surface area contributed by atoms with Crippen molar-refractivity contribution in [2.45, 2.75) is 19.4 Å². The molecular formula is C13H20Br2Cl2N2O. The summed E-state index contributed by atoms with van der Waals surface area (Å²) in [4.78, 5) is 2.50. The van der Waals surface area contributed by atoms with Crippen molar-refractivity contribution in [3.63, 3.8) is 0 Å². The molecule has 3 nitrogen and oxygen atoms in total. The second-order valence-electron chi connectivity index (χ2n) is 4.54. The van der Waals surface area contributed by atoms with Crippen molar-refractivity contribution in [1.29, 1.82) is 0 Å². The number of phenolic OH excluding ortho intramolecular Hbond substituents is 1. The molecule has 1 heterocycles. The van der Waals surface area contributed by atoms with Crippen LogP contribution in [0.4, 0.5) is 0 Å². The van der Waals surface area contributed by atoms with Gasteiger partial charge in [-0.05, 0) is 56.0 Å². The van der Waals surface area contributed by atoms with Crippen LogP contribution in [0, 0.1) is 0 Å². The van der Waals surface area contributed by atoms with Crippen molar-refractivity contribution in [1.82, 2.24) is 10.2 Å². The fraction of sp³-hybridized carbons (Fsp3) is 0.538. The van der Waals surface area contributed by atoms with Gasteiger partial charge in [0.05, 0.1) is 8.95 Å². The van der Waals surface area contributed by atoms with Crippen molar-refractivity contribution >= 4 is 56.7 Å². The summed E-state index contributed by atoms with van der Waals surface area (Å²) in [6.45, 7) is 6.47. The first-order chi connectivity index (χ1) is 8.63. The second kappa shape index (κ2) is 9.49. The molecule has 0 bridgehead atoms. The van der Waals surface area contributed by atoms with E-state index in [2.05, 4.69) is 49.0 Å². The minimum Gasteiger partial charge on any atom is -0.506 e. The monoisotopic (exact) mass is 448 g/mol. The maximum absolute atomic E-state index is 9.78. The Morgan fingerprint density at radius 3 is 2.15 bits per heavy atom. The van der Waals surface area contributed by atoms with Gasteiger partial charge in [-0.3, -0.25) is 4.90 Å². The lowest BCUT2D eigenvalue weighted by Gasteiger charge is -2.35. The zero-order valence-electron chi connectivity index (χ0n) is 11.2. The lowest BCUT2D eigenvalue weighted by molar-refractivity contribution is 0.169. The lowest BCUT2D eigenvalue weighted by atomic mass is 10.0. The quantitative estimate of drug-likeness (QED) is 0.727. The van der Waals surface area contributed by atoms with Crippen LogP contribution in [0.5, 0.6) is 5.75 Å². The minimum atomic E-state index is 0. The van der Waals surface area contributed by atoms with Crippen LogP contribution in [0.25, 0.3) is 0 Å². The Kier molecular flexibility index (Phi) is 9.72. The molecule has 0 radical (unpaired) electrons. The molecule has 1 saturated heterocycles. The van der Waals surface area contributed by atoms with Crippen LogP contribution in [0.1, 0.15) is 24.9 Å². The molecule has 1 aromatic rings. The van der Waals surface area contributed by atoms with E-state index in [1.165, 1.54) is 5.56 Å². The number of nitrogens with one attached hydrogen (secondary N) is 1. The van der Waals surface area contributed by atoms with Crippen molar-refractivity contribution < 1.29 is 5.11 Å². The predicted octanol–water partition coefficient (Wildman–Crippen LogP) is 4.12. The summed E-state index contributed by atoms with van der Waals surface area (Å²) in [6.07, 6.45) is 1.07. The molecule has 1 atom stereocenters. The largest absolute Gasteiger partial charge is 0.506 e. The highest BCUT2D eigenvalue weighted by Gasteiger charge is 2.21. The van der Waals surface area contributed by atoms with Crippen molar-refractivity contribution in [2.24, 2.45) is 0 Å². The zero-order chi connectivity index (χ0) is 13.1. The molecule has 0 amide bonds. The molecule has 1 aliphatic rings. The van der Waals surface area contributed by atoms with Crippen LogP contribution in [-0.4, -0.2) is 36.2 Å². The number of phenols is 1. The summed E-state index contributed by atoms with van der Waals surface area (Å²) in [5.41, 5.74) is 1.25. The number of benzene rings is 1. The molecule has 2 rings (SSSR count). The summed E-state index contributed by atoms with van der Waals surface area (Å²) in [5, 5.41) is 13.2. The number of hydrogen-bond acceptors (Lipinski definition) is 3. The van der Waals surface area contributed by atoms with E-state index in [0.717, 1.165) is 41.5 Å². The number of nitrogens with zero attached hydrogens (tertiary/aromatic N) is 1. The molecule has 0 aliphatic carbocycles. The summed E-state index contributed by atoms with van der Waals surface area (Å²) in [6, 6.07) is 4.47. The van der Waals surface area contributed by atoms with Gasteiger partial charge in [0.1, 0.15) is 5.75 Å². The van der Waals surface area contributed by atoms with Crippen LogP contribution < -0.4 is 5.32 Å². The van der Waals surface area contributed by atoms with Crippen molar-refractivity contribution in [3.8, 4) is 5.75 Å². The second-order valence-corrected chi connectivity index (χ2v) is 6.25. The van der Waals surface area contributed by atoms with E-state index in [4.69, 9.17) is 0 Å². The Balaban J connectivity index is 0.00000180. The van der Waals surface area contributed by atoms with E-state index in [1.54, 1.807) is 0 Å². The van der Waals surface area contributed by atoms with Gasteiger partial charge in [0.15, 0.2) is 0 Å². The fourth-order valence-corrected chi connectivity index (χ4v) is 3.70. The summed E-state index contributed by atoms with van der Waals surface area (Å²) < 4.78 is 1.50. The third-order valence-corrected chi connectivity index (χ3v) is 4.61. The maximum atomic E-state index is 9.78. The zero-order valence-corrected chi connectivity index (χ0v) is 16.0. The van der Waals surface area contributed by atoms with E-state index in [-0.39, 0.29) is 30.6 Å². The van der Waals surface area contributed by atoms with E-state index in [0.29, 0.717) is 6.04 Å². The van der Waals surface area contributed by atoms with Gasteiger partial charge in [-0.1, -0.05) is 6.92 Å². The molecule has 0 saturated carbocycles. The van der Waals surface area contributed by atoms with Crippen molar-refractivity contribution in [3.05, 3.63) is 26.6 Å². The van der Waals surface area contributed by atoms with Gasteiger partial charge >= 0.3 is 0 Å². The molecule has 2 N–H and O–H groups in total. The lowest BCUT2D eigenvalue weighted by Crippen LogP contribution is -2.45. The molecular weight excluding hydrogens is 431 g/mol. The molecule has 1 aromatic carbocycles. The van der Waals surface area contributed by atoms with Gasteiger partial charge in [-0.25, -0.2) is 0 Å². The highest BCUT2D eigenvalue weighted by atomic mass is 79.9. The Bertz CT molecular complexity index is 406. The Morgan fingerprint density at radius 2 is 1.70 bits per heavy atom. The van der Waals surface area contributed by atoms with Crippen LogP contribution in [0.3, 0.4) is 0 Å². The minimum absolute atomic E-state index is 0. The number of halogens is 4. The van der Waals surface area contributed by atoms with E-state index in [9.17, 15) is 5.11 Å². The summed E-state index contributed by atoms with van der Waals surface area (Å²) >= 11 is 6.82. The van der Waals surface area contributed by atoms with Gasteiger partial charge in [0.2, 0.25) is 0 Å². The van der Waals surface area contributed by atoms with E-state index in [1.807, 2.05) is 12.1 Å². The molecule has 20 heavy (non-hydrogen) atoms. The third-order valence-electron chi connectivity index (χ3n) is 3.40. The Morgan fingerprint density at radius 1 is 1.20 bits per heavy atom. The van der Waals surface area contributed by atoms with Crippen LogP contribution in [0.15, 0.2) is 21.1 Å². The summed E-state index contributed by atoms with van der Waals surface area (Å²) in [7, 11) is 0. The SMILES string of the molecule is CC[C@@H](c1cc(Br)c(O)c(Br)c1)N1CCNCC1.Cl.Cl. The van der Waals surface area contributed by atoms with Gasteiger partial charge in [0, 0.05) is 32.2 Å². The summed E-state index contributed by atoms with van der Waals surface area (Å²) in [5.74, 6) is 0.272. The molecule has 0 unspecified atom stereocenters. The Labute approximate surface area is 149 Å². The van der Waals surface area contributed by atoms with Gasteiger partial charge < -0.3 is 10.4 Å². The number of piperazine rings is 1. The number of rotatable bonds is 3. The third kappa shape index (κ3) is 4.75. The molecule has 116 valence electrons. The van der Waals surface area contributed by atoms with E-state index < -0.39 is 0 Å². The fourth-order valence-electron chi connectivity index (χ4n) is 2.48. The number of hydrogen-bond donors (Lipinski definition) is 2. The average Bonchev–Trinajstić information content (AvgIpc) is 2.38. The highest BCUT2D eigenvalue weighted by molar-refractivity contribution is 9.11. The molecule has 1 aliphatic heterocycles. The van der Waals surface area contributed by atoms with Crippen LogP contribution >= 0.6 is 56.7 Å². The molecule has 1 fully saturated rings. The van der Waals surface area contributed by atoms with Gasteiger partial charge in [-0.15, -0.1) is 24.8 Å². The Hall–Kier alpha value is 0.480. The average molecular weight is 451 g/mol. The highest BCUT2D eigenvalue weighted by Crippen LogP contribution is 2.37. The maximum Gasteiger partial charge on any atom is 0.143 e.